The summed E-state index contributed by atoms with van der Waals surface area (Å²) in [6.45, 7) is 0.385. The number of nitrogens with one attached hydrogen (secondary N) is 2. The maximum absolute atomic E-state index is 12.5. The van der Waals surface area contributed by atoms with Crippen molar-refractivity contribution in [1.29, 1.82) is 0 Å². The molecule has 0 aliphatic rings. The van der Waals surface area contributed by atoms with Crippen molar-refractivity contribution in [3.63, 3.8) is 0 Å². The summed E-state index contributed by atoms with van der Waals surface area (Å²) < 4.78 is 0. The summed E-state index contributed by atoms with van der Waals surface area (Å²) in [5.41, 5.74) is 2.79. The zero-order valence-corrected chi connectivity index (χ0v) is 16.0. The monoisotopic (exact) mass is 394 g/mol. The number of hydrogen-bond acceptors (Lipinski definition) is 3. The third kappa shape index (κ3) is 5.08. The summed E-state index contributed by atoms with van der Waals surface area (Å²) in [7, 11) is 1.69. The first-order chi connectivity index (χ1) is 13.5. The largest absolute Gasteiger partial charge is 0.334 e. The molecule has 0 radical (unpaired) electrons. The normalized spacial score (nSPS) is 10.2. The van der Waals surface area contributed by atoms with Crippen LogP contribution in [-0.2, 0) is 6.54 Å². The average molecular weight is 395 g/mol. The smallest absolute Gasteiger partial charge is 0.319 e. The fourth-order valence-electron chi connectivity index (χ4n) is 2.53. The Bertz CT molecular complexity index is 944. The fourth-order valence-corrected chi connectivity index (χ4v) is 2.66. The molecule has 0 aliphatic heterocycles. The van der Waals surface area contributed by atoms with Gasteiger partial charge in [0.2, 0.25) is 0 Å². The van der Waals surface area contributed by atoms with Crippen LogP contribution in [0.4, 0.5) is 16.2 Å². The standard InChI is InChI=1S/C21H19ClN4O2/c1-26(20(27)16-4-6-17(22)7-5-16)19-10-8-18(9-11-19)25-21(28)24-14-15-3-2-12-23-13-15/h2-13H,14H2,1H3,(H2,24,25,28). The number of benzene rings is 2. The minimum Gasteiger partial charge on any atom is -0.334 e. The lowest BCUT2D eigenvalue weighted by Gasteiger charge is -2.18. The first-order valence-electron chi connectivity index (χ1n) is 8.60. The average Bonchev–Trinajstić information content (AvgIpc) is 2.73. The summed E-state index contributed by atoms with van der Waals surface area (Å²) >= 11 is 5.86. The van der Waals surface area contributed by atoms with E-state index in [1.54, 1.807) is 68.0 Å². The van der Waals surface area contributed by atoms with E-state index in [1.807, 2.05) is 12.1 Å². The molecule has 0 spiro atoms. The molecular formula is C21H19ClN4O2. The summed E-state index contributed by atoms with van der Waals surface area (Å²) in [5, 5.41) is 6.10. The van der Waals surface area contributed by atoms with Crippen molar-refractivity contribution in [2.24, 2.45) is 0 Å². The Morgan fingerprint density at radius 1 is 1.04 bits per heavy atom. The molecule has 0 fully saturated rings. The van der Waals surface area contributed by atoms with Gasteiger partial charge in [-0.1, -0.05) is 17.7 Å². The topological polar surface area (TPSA) is 74.3 Å². The number of nitrogens with zero attached hydrogens (tertiary/aromatic N) is 2. The van der Waals surface area contributed by atoms with Gasteiger partial charge in [-0.05, 0) is 60.2 Å². The van der Waals surface area contributed by atoms with E-state index in [4.69, 9.17) is 11.6 Å². The predicted octanol–water partition coefficient (Wildman–Crippen LogP) is 4.33. The van der Waals surface area contributed by atoms with Crippen LogP contribution in [0.15, 0.2) is 73.1 Å². The summed E-state index contributed by atoms with van der Waals surface area (Å²) in [4.78, 5) is 30.1. The number of anilines is 2. The maximum Gasteiger partial charge on any atom is 0.319 e. The number of urea groups is 1. The van der Waals surface area contributed by atoms with E-state index in [0.29, 0.717) is 28.5 Å². The number of rotatable bonds is 5. The number of carbonyl (C=O) groups excluding carboxylic acids is 2. The summed E-state index contributed by atoms with van der Waals surface area (Å²) in [6.07, 6.45) is 3.38. The second-order valence-corrected chi connectivity index (χ2v) is 6.52. The van der Waals surface area contributed by atoms with Crippen molar-refractivity contribution in [3.05, 3.63) is 89.2 Å². The lowest BCUT2D eigenvalue weighted by Crippen LogP contribution is -2.28. The number of hydrogen-bond donors (Lipinski definition) is 2. The first kappa shape index (κ1) is 19.4. The molecule has 1 heterocycles. The van der Waals surface area contributed by atoms with E-state index in [-0.39, 0.29) is 11.9 Å². The molecule has 2 aromatic carbocycles. The van der Waals surface area contributed by atoms with Gasteiger partial charge in [0.25, 0.3) is 5.91 Å². The van der Waals surface area contributed by atoms with Crippen molar-refractivity contribution in [2.45, 2.75) is 6.54 Å². The lowest BCUT2D eigenvalue weighted by molar-refractivity contribution is 0.0993. The molecule has 0 saturated heterocycles. The zero-order chi connectivity index (χ0) is 19.9. The Hall–Kier alpha value is -3.38. The predicted molar refractivity (Wildman–Crippen MR) is 111 cm³/mol. The molecule has 6 nitrogen and oxygen atoms in total. The molecule has 2 N–H and O–H groups in total. The van der Waals surface area contributed by atoms with Crippen molar-refractivity contribution in [3.8, 4) is 0 Å². The quantitative estimate of drug-likeness (QED) is 0.676. The van der Waals surface area contributed by atoms with E-state index < -0.39 is 0 Å². The van der Waals surface area contributed by atoms with Crippen LogP contribution in [0.1, 0.15) is 15.9 Å². The van der Waals surface area contributed by atoms with Crippen molar-refractivity contribution in [1.82, 2.24) is 10.3 Å². The molecule has 0 bridgehead atoms. The number of halogens is 1. The van der Waals surface area contributed by atoms with Gasteiger partial charge in [-0.15, -0.1) is 0 Å². The van der Waals surface area contributed by atoms with Crippen LogP contribution in [0.2, 0.25) is 5.02 Å². The van der Waals surface area contributed by atoms with Gasteiger partial charge in [-0.25, -0.2) is 4.79 Å². The Morgan fingerprint density at radius 2 is 1.75 bits per heavy atom. The zero-order valence-electron chi connectivity index (χ0n) is 15.2. The SMILES string of the molecule is CN(C(=O)c1ccc(Cl)cc1)c1ccc(NC(=O)NCc2cccnc2)cc1. The van der Waals surface area contributed by atoms with Gasteiger partial charge in [-0.3, -0.25) is 9.78 Å². The Balaban J connectivity index is 1.57. The Morgan fingerprint density at radius 3 is 2.39 bits per heavy atom. The molecule has 0 atom stereocenters. The number of carbonyl (C=O) groups is 2. The lowest BCUT2D eigenvalue weighted by atomic mass is 10.2. The summed E-state index contributed by atoms with van der Waals surface area (Å²) in [5.74, 6) is -0.147. The molecule has 0 saturated carbocycles. The minimum absolute atomic E-state index is 0.147. The number of pyridine rings is 1. The molecule has 1 aromatic heterocycles. The van der Waals surface area contributed by atoms with Crippen molar-refractivity contribution in [2.75, 3.05) is 17.3 Å². The van der Waals surface area contributed by atoms with Crippen LogP contribution in [-0.4, -0.2) is 24.0 Å². The first-order valence-corrected chi connectivity index (χ1v) is 8.98. The molecule has 142 valence electrons. The third-order valence-corrected chi connectivity index (χ3v) is 4.34. The van der Waals surface area contributed by atoms with Crippen LogP contribution in [0.25, 0.3) is 0 Å². The summed E-state index contributed by atoms with van der Waals surface area (Å²) in [6, 6.07) is 17.1. The fraction of sp³-hybridized carbons (Fsp3) is 0.0952. The molecule has 3 rings (SSSR count). The van der Waals surface area contributed by atoms with Gasteiger partial charge >= 0.3 is 6.03 Å². The van der Waals surface area contributed by atoms with Gasteiger partial charge in [0, 0.05) is 47.9 Å². The molecule has 3 amide bonds. The van der Waals surface area contributed by atoms with Crippen molar-refractivity contribution >= 4 is 34.9 Å². The van der Waals surface area contributed by atoms with E-state index in [0.717, 1.165) is 5.56 Å². The molecule has 7 heteroatoms. The van der Waals surface area contributed by atoms with Gasteiger partial charge < -0.3 is 15.5 Å². The second kappa shape index (κ2) is 9.01. The highest BCUT2D eigenvalue weighted by molar-refractivity contribution is 6.30. The van der Waals surface area contributed by atoms with Gasteiger partial charge in [-0.2, -0.15) is 0 Å². The van der Waals surface area contributed by atoms with Crippen molar-refractivity contribution < 1.29 is 9.59 Å². The Kier molecular flexibility index (Phi) is 6.24. The van der Waals surface area contributed by atoms with Gasteiger partial charge in [0.05, 0.1) is 0 Å². The van der Waals surface area contributed by atoms with E-state index >= 15 is 0 Å². The van der Waals surface area contributed by atoms with Crippen LogP contribution in [0.3, 0.4) is 0 Å². The van der Waals surface area contributed by atoms with Crippen LogP contribution < -0.4 is 15.5 Å². The van der Waals surface area contributed by atoms with Crippen LogP contribution in [0, 0.1) is 0 Å². The van der Waals surface area contributed by atoms with E-state index in [1.165, 1.54) is 4.90 Å². The minimum atomic E-state index is -0.317. The highest BCUT2D eigenvalue weighted by Gasteiger charge is 2.13. The molecule has 3 aromatic rings. The van der Waals surface area contributed by atoms with E-state index in [9.17, 15) is 9.59 Å². The highest BCUT2D eigenvalue weighted by atomic mass is 35.5. The van der Waals surface area contributed by atoms with Crippen LogP contribution >= 0.6 is 11.6 Å². The molecule has 0 unspecified atom stereocenters. The van der Waals surface area contributed by atoms with Gasteiger partial charge in [0.1, 0.15) is 0 Å². The Labute approximate surface area is 168 Å². The second-order valence-electron chi connectivity index (χ2n) is 6.09. The number of amides is 3. The van der Waals surface area contributed by atoms with E-state index in [2.05, 4.69) is 15.6 Å². The van der Waals surface area contributed by atoms with Gasteiger partial charge in [0.15, 0.2) is 0 Å². The molecular weight excluding hydrogens is 376 g/mol. The molecule has 0 aliphatic carbocycles. The molecule has 28 heavy (non-hydrogen) atoms. The third-order valence-electron chi connectivity index (χ3n) is 4.08. The maximum atomic E-state index is 12.5. The number of aromatic nitrogens is 1. The van der Waals surface area contributed by atoms with Crippen LogP contribution in [0.5, 0.6) is 0 Å². The highest BCUT2D eigenvalue weighted by Crippen LogP contribution is 2.19.